The van der Waals surface area contributed by atoms with Crippen LogP contribution in [0, 0.1) is 0 Å². The summed E-state index contributed by atoms with van der Waals surface area (Å²) in [5.41, 5.74) is 2.06. The first kappa shape index (κ1) is 13.9. The van der Waals surface area contributed by atoms with E-state index in [4.69, 9.17) is 0 Å². The third-order valence-electron chi connectivity index (χ3n) is 5.15. The normalized spacial score (nSPS) is 30.1. The summed E-state index contributed by atoms with van der Waals surface area (Å²) in [4.78, 5) is 8.74. The van der Waals surface area contributed by atoms with Crippen molar-refractivity contribution in [2.45, 2.75) is 56.3 Å². The van der Waals surface area contributed by atoms with Gasteiger partial charge in [-0.25, -0.2) is 9.37 Å². The van der Waals surface area contributed by atoms with Crippen LogP contribution in [0.1, 0.15) is 50.3 Å². The summed E-state index contributed by atoms with van der Waals surface area (Å²) in [6.45, 7) is 0. The summed E-state index contributed by atoms with van der Waals surface area (Å²) in [6, 6.07) is 4.06. The van der Waals surface area contributed by atoms with Crippen molar-refractivity contribution >= 4 is 0 Å². The van der Waals surface area contributed by atoms with Gasteiger partial charge in [-0.2, -0.15) is 0 Å². The molecule has 0 spiro atoms. The van der Waals surface area contributed by atoms with Gasteiger partial charge in [-0.1, -0.05) is 0 Å². The van der Waals surface area contributed by atoms with Crippen molar-refractivity contribution in [3.05, 3.63) is 36.5 Å². The predicted molar refractivity (Wildman–Crippen MR) is 81.1 cm³/mol. The molecular formula is C17H20FN3O. The first-order chi connectivity index (χ1) is 10.7. The van der Waals surface area contributed by atoms with E-state index in [0.717, 1.165) is 23.4 Å². The molecule has 0 bridgehead atoms. The van der Waals surface area contributed by atoms with Crippen LogP contribution in [-0.2, 0) is 0 Å². The number of pyridine rings is 1. The van der Waals surface area contributed by atoms with Crippen molar-refractivity contribution in [2.75, 3.05) is 0 Å². The zero-order chi connectivity index (χ0) is 15.2. The fraction of sp³-hybridized carbons (Fsp3) is 0.529. The second kappa shape index (κ2) is 5.16. The van der Waals surface area contributed by atoms with Gasteiger partial charge in [0.2, 0.25) is 0 Å². The van der Waals surface area contributed by atoms with Crippen molar-refractivity contribution in [1.82, 2.24) is 14.5 Å². The number of hydrogen-bond donors (Lipinski definition) is 1. The van der Waals surface area contributed by atoms with Gasteiger partial charge in [0.15, 0.2) is 0 Å². The molecular weight excluding hydrogens is 281 g/mol. The molecule has 0 radical (unpaired) electrons. The molecule has 1 atom stereocenters. The highest BCUT2D eigenvalue weighted by molar-refractivity contribution is 5.66. The van der Waals surface area contributed by atoms with Crippen molar-refractivity contribution in [1.29, 1.82) is 0 Å². The molecule has 4 nitrogen and oxygen atoms in total. The van der Waals surface area contributed by atoms with Gasteiger partial charge in [-0.05, 0) is 50.7 Å². The van der Waals surface area contributed by atoms with Crippen LogP contribution < -0.4 is 0 Å². The van der Waals surface area contributed by atoms with Gasteiger partial charge < -0.3 is 9.67 Å². The van der Waals surface area contributed by atoms with E-state index in [1.54, 1.807) is 6.20 Å². The SMILES string of the molecule is OC1CCC(F)(CCC2c3ncccc3-c3cncn32)CC1. The van der Waals surface area contributed by atoms with Crippen LogP contribution in [0.5, 0.6) is 0 Å². The topological polar surface area (TPSA) is 50.9 Å². The minimum atomic E-state index is -1.14. The van der Waals surface area contributed by atoms with E-state index in [1.807, 2.05) is 18.6 Å². The Balaban J connectivity index is 1.54. The number of alkyl halides is 1. The van der Waals surface area contributed by atoms with Crippen LogP contribution in [0.4, 0.5) is 4.39 Å². The third kappa shape index (κ3) is 2.24. The van der Waals surface area contributed by atoms with Gasteiger partial charge in [0.1, 0.15) is 5.67 Å². The summed E-state index contributed by atoms with van der Waals surface area (Å²) in [5.74, 6) is 0. The molecule has 1 aliphatic heterocycles. The molecule has 0 aromatic carbocycles. The van der Waals surface area contributed by atoms with E-state index in [9.17, 15) is 9.50 Å². The van der Waals surface area contributed by atoms with Gasteiger partial charge >= 0.3 is 0 Å². The maximum atomic E-state index is 14.9. The number of rotatable bonds is 3. The van der Waals surface area contributed by atoms with Gasteiger partial charge in [0, 0.05) is 11.8 Å². The van der Waals surface area contributed by atoms with Gasteiger partial charge in [0.05, 0.1) is 36.1 Å². The van der Waals surface area contributed by atoms with Crippen molar-refractivity contribution in [3.8, 4) is 11.3 Å². The van der Waals surface area contributed by atoms with E-state index in [2.05, 4.69) is 20.6 Å². The molecule has 1 N–H and O–H groups in total. The molecule has 0 saturated heterocycles. The van der Waals surface area contributed by atoms with E-state index in [-0.39, 0.29) is 12.1 Å². The Hall–Kier alpha value is -1.75. The first-order valence-electron chi connectivity index (χ1n) is 8.00. The third-order valence-corrected chi connectivity index (χ3v) is 5.15. The monoisotopic (exact) mass is 301 g/mol. The maximum absolute atomic E-state index is 14.9. The molecule has 3 heterocycles. The zero-order valence-corrected chi connectivity index (χ0v) is 12.5. The number of fused-ring (bicyclic) bond motifs is 3. The lowest BCUT2D eigenvalue weighted by Crippen LogP contribution is -2.32. The van der Waals surface area contributed by atoms with E-state index >= 15 is 0 Å². The average molecular weight is 301 g/mol. The van der Waals surface area contributed by atoms with Gasteiger partial charge in [-0.3, -0.25) is 4.98 Å². The Labute approximate surface area is 129 Å². The fourth-order valence-corrected chi connectivity index (χ4v) is 3.83. The molecule has 116 valence electrons. The van der Waals surface area contributed by atoms with Gasteiger partial charge in [0.25, 0.3) is 0 Å². The number of halogens is 1. The molecule has 2 aromatic rings. The van der Waals surface area contributed by atoms with E-state index < -0.39 is 5.67 Å². The van der Waals surface area contributed by atoms with Gasteiger partial charge in [-0.15, -0.1) is 0 Å². The van der Waals surface area contributed by atoms with Crippen LogP contribution >= 0.6 is 0 Å². The molecule has 1 fully saturated rings. The van der Waals surface area contributed by atoms with Crippen molar-refractivity contribution in [2.24, 2.45) is 0 Å². The summed E-state index contributed by atoms with van der Waals surface area (Å²) in [6.07, 6.45) is 8.46. The molecule has 4 rings (SSSR count). The Morgan fingerprint density at radius 2 is 2.18 bits per heavy atom. The summed E-state index contributed by atoms with van der Waals surface area (Å²) >= 11 is 0. The van der Waals surface area contributed by atoms with Crippen LogP contribution in [0.15, 0.2) is 30.9 Å². The zero-order valence-electron chi connectivity index (χ0n) is 12.5. The highest BCUT2D eigenvalue weighted by atomic mass is 19.1. The highest BCUT2D eigenvalue weighted by Gasteiger charge is 2.37. The van der Waals surface area contributed by atoms with E-state index in [1.165, 1.54) is 0 Å². The van der Waals surface area contributed by atoms with Crippen LogP contribution in [0.25, 0.3) is 11.3 Å². The van der Waals surface area contributed by atoms with E-state index in [0.29, 0.717) is 32.1 Å². The quantitative estimate of drug-likeness (QED) is 0.946. The minimum Gasteiger partial charge on any atom is -0.393 e. The highest BCUT2D eigenvalue weighted by Crippen LogP contribution is 2.43. The number of hydrogen-bond acceptors (Lipinski definition) is 3. The average Bonchev–Trinajstić information content (AvgIpc) is 3.10. The Bertz CT molecular complexity index is 676. The molecule has 5 heteroatoms. The second-order valence-electron chi connectivity index (χ2n) is 6.56. The lowest BCUT2D eigenvalue weighted by Gasteiger charge is -2.32. The van der Waals surface area contributed by atoms with Crippen LogP contribution in [-0.4, -0.2) is 31.4 Å². The summed E-state index contributed by atoms with van der Waals surface area (Å²) in [5, 5.41) is 9.56. The Morgan fingerprint density at radius 1 is 1.36 bits per heavy atom. The molecule has 22 heavy (non-hydrogen) atoms. The largest absolute Gasteiger partial charge is 0.393 e. The molecule has 1 unspecified atom stereocenters. The Morgan fingerprint density at radius 3 is 3.00 bits per heavy atom. The minimum absolute atomic E-state index is 0.0770. The molecule has 1 saturated carbocycles. The lowest BCUT2D eigenvalue weighted by atomic mass is 9.81. The standard InChI is InChI=1S/C17H20FN3O/c18-17(6-3-12(22)4-7-17)8-5-14-16-13(2-1-9-20-16)15-10-19-11-21(14)15/h1-2,9-12,14,22H,3-8H2. The predicted octanol–water partition coefficient (Wildman–Crippen LogP) is 3.27. The van der Waals surface area contributed by atoms with Crippen molar-refractivity contribution < 1.29 is 9.50 Å². The van der Waals surface area contributed by atoms with Crippen molar-refractivity contribution in [3.63, 3.8) is 0 Å². The van der Waals surface area contributed by atoms with Crippen LogP contribution in [0.3, 0.4) is 0 Å². The molecule has 2 aromatic heterocycles. The molecule has 0 amide bonds. The second-order valence-corrected chi connectivity index (χ2v) is 6.56. The first-order valence-corrected chi connectivity index (χ1v) is 8.00. The van der Waals surface area contributed by atoms with Crippen LogP contribution in [0.2, 0.25) is 0 Å². The molecule has 2 aliphatic rings. The number of aliphatic hydroxyl groups is 1. The summed E-state index contributed by atoms with van der Waals surface area (Å²) in [7, 11) is 0. The fourth-order valence-electron chi connectivity index (χ4n) is 3.83. The maximum Gasteiger partial charge on any atom is 0.111 e. The number of aromatic nitrogens is 3. The lowest BCUT2D eigenvalue weighted by molar-refractivity contribution is 0.0252. The Kier molecular flexibility index (Phi) is 3.26. The molecule has 1 aliphatic carbocycles. The number of nitrogens with zero attached hydrogens (tertiary/aromatic N) is 3. The number of imidazole rings is 1. The number of aliphatic hydroxyl groups excluding tert-OH is 1. The smallest absolute Gasteiger partial charge is 0.111 e. The summed E-state index contributed by atoms with van der Waals surface area (Å²) < 4.78 is 17.0.